The lowest BCUT2D eigenvalue weighted by Gasteiger charge is -2.26. The first-order valence-corrected chi connectivity index (χ1v) is 11.4. The topological polar surface area (TPSA) is 133 Å². The molecule has 2 aliphatic rings. The van der Waals surface area contributed by atoms with Crippen LogP contribution in [0.25, 0.3) is 10.8 Å². The fourth-order valence-corrected chi connectivity index (χ4v) is 4.00. The molecule has 2 aromatic rings. The van der Waals surface area contributed by atoms with Gasteiger partial charge in [0.25, 0.3) is 5.91 Å². The second-order valence-corrected chi connectivity index (χ2v) is 8.91. The van der Waals surface area contributed by atoms with Crippen LogP contribution in [-0.4, -0.2) is 59.5 Å². The van der Waals surface area contributed by atoms with E-state index in [4.69, 9.17) is 19.9 Å². The maximum absolute atomic E-state index is 12.2. The van der Waals surface area contributed by atoms with Gasteiger partial charge in [0.2, 0.25) is 11.8 Å². The lowest BCUT2D eigenvalue weighted by Crippen LogP contribution is -2.34. The quantitative estimate of drug-likeness (QED) is 0.551. The minimum Gasteiger partial charge on any atom is -0.490 e. The van der Waals surface area contributed by atoms with Crippen molar-refractivity contribution in [1.82, 2.24) is 10.3 Å². The number of amides is 2. The van der Waals surface area contributed by atoms with Crippen molar-refractivity contribution in [3.8, 4) is 23.5 Å². The summed E-state index contributed by atoms with van der Waals surface area (Å²) in [7, 11) is 0. The molecule has 1 aromatic carbocycles. The van der Waals surface area contributed by atoms with Crippen LogP contribution >= 0.6 is 0 Å². The highest BCUT2D eigenvalue weighted by Gasteiger charge is 2.27. The monoisotopic (exact) mass is 467 g/mol. The van der Waals surface area contributed by atoms with Crippen LogP contribution in [0.5, 0.6) is 11.6 Å². The minimum atomic E-state index is -1.15. The summed E-state index contributed by atoms with van der Waals surface area (Å²) >= 11 is 0. The summed E-state index contributed by atoms with van der Waals surface area (Å²) in [5.41, 5.74) is 5.23. The maximum Gasteiger partial charge on any atom is 0.252 e. The number of ether oxygens (including phenoxy) is 3. The lowest BCUT2D eigenvalue weighted by atomic mass is 9.94. The van der Waals surface area contributed by atoms with Crippen LogP contribution in [0, 0.1) is 11.8 Å². The Morgan fingerprint density at radius 1 is 1.35 bits per heavy atom. The van der Waals surface area contributed by atoms with Crippen LogP contribution in [0.2, 0.25) is 0 Å². The molecule has 9 heteroatoms. The molecule has 1 aromatic heterocycles. The van der Waals surface area contributed by atoms with Gasteiger partial charge in [-0.15, -0.1) is 0 Å². The van der Waals surface area contributed by atoms with E-state index in [0.717, 1.165) is 0 Å². The van der Waals surface area contributed by atoms with Crippen molar-refractivity contribution in [2.75, 3.05) is 19.8 Å². The van der Waals surface area contributed by atoms with Crippen molar-refractivity contribution in [2.24, 2.45) is 5.73 Å². The van der Waals surface area contributed by atoms with Crippen LogP contribution in [-0.2, 0) is 9.53 Å². The zero-order valence-electron chi connectivity index (χ0n) is 19.3. The Balaban J connectivity index is 1.77. The Morgan fingerprint density at radius 2 is 2.12 bits per heavy atom. The highest BCUT2D eigenvalue weighted by molar-refractivity contribution is 6.03. The van der Waals surface area contributed by atoms with E-state index < -0.39 is 11.5 Å². The molecule has 1 atom stereocenters. The normalized spacial score (nSPS) is 19.4. The zero-order valence-corrected chi connectivity index (χ0v) is 19.3. The number of benzene rings is 1. The van der Waals surface area contributed by atoms with E-state index in [1.165, 1.54) is 0 Å². The van der Waals surface area contributed by atoms with Crippen LogP contribution in [0.15, 0.2) is 18.3 Å². The molecule has 0 spiro atoms. The van der Waals surface area contributed by atoms with Crippen LogP contribution < -0.4 is 20.5 Å². The number of carbonyl (C=O) groups excluding carboxylic acids is 2. The first kappa shape index (κ1) is 23.8. The third-order valence-corrected chi connectivity index (χ3v) is 5.84. The number of fused-ring (bicyclic) bond motifs is 1. The predicted octanol–water partition coefficient (Wildman–Crippen LogP) is 1.67. The molecule has 4 rings (SSSR count). The Hall–Kier alpha value is -3.35. The Morgan fingerprint density at radius 3 is 2.76 bits per heavy atom. The largest absolute Gasteiger partial charge is 0.490 e. The van der Waals surface area contributed by atoms with Crippen LogP contribution in [0.4, 0.5) is 0 Å². The minimum absolute atomic E-state index is 0.00167. The number of aliphatic hydroxyl groups is 1. The second kappa shape index (κ2) is 9.87. The lowest BCUT2D eigenvalue weighted by molar-refractivity contribution is -0.119. The van der Waals surface area contributed by atoms with E-state index in [1.54, 1.807) is 18.3 Å². The van der Waals surface area contributed by atoms with Gasteiger partial charge >= 0.3 is 0 Å². The van der Waals surface area contributed by atoms with Crippen molar-refractivity contribution in [3.63, 3.8) is 0 Å². The Kier molecular flexibility index (Phi) is 6.91. The van der Waals surface area contributed by atoms with Gasteiger partial charge in [-0.2, -0.15) is 0 Å². The molecule has 180 valence electrons. The predicted molar refractivity (Wildman–Crippen MR) is 125 cm³/mol. The summed E-state index contributed by atoms with van der Waals surface area (Å²) < 4.78 is 17.1. The molecule has 3 heterocycles. The first-order valence-electron chi connectivity index (χ1n) is 11.4. The molecule has 1 unspecified atom stereocenters. The van der Waals surface area contributed by atoms with Gasteiger partial charge in [-0.3, -0.25) is 9.59 Å². The number of carbonyl (C=O) groups is 2. The highest BCUT2D eigenvalue weighted by Crippen LogP contribution is 2.34. The molecule has 0 saturated carbocycles. The molecule has 4 N–H and O–H groups in total. The maximum atomic E-state index is 12.2. The number of aromatic nitrogens is 1. The van der Waals surface area contributed by atoms with Gasteiger partial charge in [0.15, 0.2) is 0 Å². The molecule has 2 aliphatic heterocycles. The summed E-state index contributed by atoms with van der Waals surface area (Å²) in [5.74, 6) is 6.01. The molecule has 0 radical (unpaired) electrons. The summed E-state index contributed by atoms with van der Waals surface area (Å²) in [6.45, 7) is 4.84. The van der Waals surface area contributed by atoms with Crippen molar-refractivity contribution in [2.45, 2.75) is 57.3 Å². The summed E-state index contributed by atoms with van der Waals surface area (Å²) in [6.07, 6.45) is 3.35. The number of rotatable bonds is 6. The SMILES string of the molecule is CC(C)Oc1cc2c(OCC3CCC(=O)N3)ncc(C#CC3(O)CCOCC3)c2cc1C(N)=O. The average Bonchev–Trinajstić information content (AvgIpc) is 3.21. The Labute approximate surface area is 198 Å². The third-order valence-electron chi connectivity index (χ3n) is 5.84. The van der Waals surface area contributed by atoms with E-state index >= 15 is 0 Å². The summed E-state index contributed by atoms with van der Waals surface area (Å²) in [5, 5.41) is 14.8. The number of pyridine rings is 1. The van der Waals surface area contributed by atoms with Gasteiger partial charge < -0.3 is 30.4 Å². The molecule has 2 saturated heterocycles. The van der Waals surface area contributed by atoms with Gasteiger partial charge in [0.05, 0.1) is 36.5 Å². The van der Waals surface area contributed by atoms with Crippen molar-refractivity contribution < 1.29 is 28.9 Å². The average molecular weight is 468 g/mol. The van der Waals surface area contributed by atoms with Crippen molar-refractivity contribution >= 4 is 22.6 Å². The molecular weight excluding hydrogens is 438 g/mol. The molecular formula is C25H29N3O6. The van der Waals surface area contributed by atoms with Crippen molar-refractivity contribution in [1.29, 1.82) is 0 Å². The van der Waals surface area contributed by atoms with E-state index in [2.05, 4.69) is 22.1 Å². The molecule has 2 fully saturated rings. The second-order valence-electron chi connectivity index (χ2n) is 8.91. The van der Waals surface area contributed by atoms with Gasteiger partial charge in [-0.25, -0.2) is 4.98 Å². The zero-order chi connectivity index (χ0) is 24.3. The summed E-state index contributed by atoms with van der Waals surface area (Å²) in [4.78, 5) is 28.2. The van der Waals surface area contributed by atoms with Gasteiger partial charge in [-0.05, 0) is 32.4 Å². The number of primary amides is 1. The van der Waals surface area contributed by atoms with E-state index in [-0.39, 0.29) is 30.2 Å². The van der Waals surface area contributed by atoms with Gasteiger partial charge in [0.1, 0.15) is 18.0 Å². The molecule has 0 bridgehead atoms. The standard InChI is InChI=1S/C25H29N3O6/c1-15(2)34-21-12-19-18(11-20(21)23(26)30)16(5-6-25(31)7-9-32-10-8-25)13-27-24(19)33-14-17-3-4-22(29)28-17/h11-13,15,17,31H,3-4,7-10,14H2,1-2H3,(H2,26,30)(H,28,29). The molecule has 34 heavy (non-hydrogen) atoms. The fourth-order valence-electron chi connectivity index (χ4n) is 4.00. The number of hydrogen-bond acceptors (Lipinski definition) is 7. The van der Waals surface area contributed by atoms with Crippen LogP contribution in [0.1, 0.15) is 55.5 Å². The van der Waals surface area contributed by atoms with E-state index in [9.17, 15) is 14.7 Å². The smallest absolute Gasteiger partial charge is 0.252 e. The van der Waals surface area contributed by atoms with E-state index in [1.807, 2.05) is 13.8 Å². The summed E-state index contributed by atoms with van der Waals surface area (Å²) in [6, 6.07) is 3.21. The Bertz CT molecular complexity index is 1160. The third kappa shape index (κ3) is 5.41. The van der Waals surface area contributed by atoms with Crippen molar-refractivity contribution in [3.05, 3.63) is 29.5 Å². The number of nitrogens with zero attached hydrogens (tertiary/aromatic N) is 1. The van der Waals surface area contributed by atoms with Gasteiger partial charge in [0, 0.05) is 36.2 Å². The first-order chi connectivity index (χ1) is 16.2. The highest BCUT2D eigenvalue weighted by atomic mass is 16.5. The molecule has 9 nitrogen and oxygen atoms in total. The van der Waals surface area contributed by atoms with E-state index in [0.29, 0.717) is 66.9 Å². The number of nitrogens with two attached hydrogens (primary N) is 1. The fraction of sp³-hybridized carbons (Fsp3) is 0.480. The van der Waals surface area contributed by atoms with Gasteiger partial charge in [-0.1, -0.05) is 11.8 Å². The molecule has 0 aliphatic carbocycles. The number of nitrogens with one attached hydrogen (secondary N) is 1. The molecule has 2 amide bonds. The number of hydrogen-bond donors (Lipinski definition) is 3. The van der Waals surface area contributed by atoms with Crippen LogP contribution in [0.3, 0.4) is 0 Å².